The van der Waals surface area contributed by atoms with Crippen LogP contribution in [-0.4, -0.2) is 32.5 Å². The molecule has 0 atom stereocenters. The Morgan fingerprint density at radius 3 is 2.43 bits per heavy atom. The Kier molecular flexibility index (Phi) is 4.60. The van der Waals surface area contributed by atoms with Gasteiger partial charge in [-0.05, 0) is 25.0 Å². The van der Waals surface area contributed by atoms with Crippen LogP contribution in [0.15, 0.2) is 34.7 Å². The second kappa shape index (κ2) is 6.50. The van der Waals surface area contributed by atoms with Gasteiger partial charge in [0.2, 0.25) is 10.0 Å². The Morgan fingerprint density at radius 1 is 1.22 bits per heavy atom. The number of aromatic nitrogens is 1. The highest BCUT2D eigenvalue weighted by Gasteiger charge is 2.29. The van der Waals surface area contributed by atoms with Gasteiger partial charge in [0.15, 0.2) is 10.0 Å². The summed E-state index contributed by atoms with van der Waals surface area (Å²) in [5.41, 5.74) is 0. The van der Waals surface area contributed by atoms with E-state index in [-0.39, 0.29) is 6.04 Å². The van der Waals surface area contributed by atoms with Gasteiger partial charge in [-0.2, -0.15) is 0 Å². The third-order valence-electron chi connectivity index (χ3n) is 3.69. The SMILES string of the molecule is O=S(=O)(NC1CCN(c2nccs2)CC1)c1c(F)cccc1F. The summed E-state index contributed by atoms with van der Waals surface area (Å²) in [4.78, 5) is 5.37. The first kappa shape index (κ1) is 16.3. The molecule has 5 nitrogen and oxygen atoms in total. The lowest BCUT2D eigenvalue weighted by atomic mass is 10.1. The van der Waals surface area contributed by atoms with E-state index in [0.717, 1.165) is 23.3 Å². The number of hydrogen-bond donors (Lipinski definition) is 1. The average Bonchev–Trinajstić information content (AvgIpc) is 3.01. The van der Waals surface area contributed by atoms with E-state index >= 15 is 0 Å². The van der Waals surface area contributed by atoms with Crippen LogP contribution in [0.1, 0.15) is 12.8 Å². The van der Waals surface area contributed by atoms with Crippen LogP contribution < -0.4 is 9.62 Å². The second-order valence-corrected chi connectivity index (χ2v) is 7.77. The fraction of sp³-hybridized carbons (Fsp3) is 0.357. The summed E-state index contributed by atoms with van der Waals surface area (Å²) < 4.78 is 54.2. The Balaban J connectivity index is 1.68. The quantitative estimate of drug-likeness (QED) is 0.910. The molecule has 1 aromatic carbocycles. The van der Waals surface area contributed by atoms with E-state index < -0.39 is 26.6 Å². The summed E-state index contributed by atoms with van der Waals surface area (Å²) in [6, 6.07) is 2.65. The molecule has 0 aliphatic carbocycles. The smallest absolute Gasteiger partial charge is 0.246 e. The zero-order valence-electron chi connectivity index (χ0n) is 12.1. The van der Waals surface area contributed by atoms with Crippen molar-refractivity contribution in [3.63, 3.8) is 0 Å². The highest BCUT2D eigenvalue weighted by molar-refractivity contribution is 7.89. The van der Waals surface area contributed by atoms with Gasteiger partial charge >= 0.3 is 0 Å². The van der Waals surface area contributed by atoms with E-state index in [4.69, 9.17) is 0 Å². The van der Waals surface area contributed by atoms with Gasteiger partial charge in [-0.3, -0.25) is 0 Å². The molecule has 1 saturated heterocycles. The lowest BCUT2D eigenvalue weighted by molar-refractivity contribution is 0.453. The number of piperidine rings is 1. The molecule has 23 heavy (non-hydrogen) atoms. The number of thiazole rings is 1. The monoisotopic (exact) mass is 359 g/mol. The number of nitrogens with one attached hydrogen (secondary N) is 1. The van der Waals surface area contributed by atoms with Gasteiger partial charge < -0.3 is 4.90 Å². The van der Waals surface area contributed by atoms with Gasteiger partial charge in [0.25, 0.3) is 0 Å². The first-order chi connectivity index (χ1) is 11.0. The fourth-order valence-corrected chi connectivity index (χ4v) is 4.72. The van der Waals surface area contributed by atoms with Crippen molar-refractivity contribution in [1.82, 2.24) is 9.71 Å². The Morgan fingerprint density at radius 2 is 1.87 bits per heavy atom. The molecular weight excluding hydrogens is 344 g/mol. The minimum Gasteiger partial charge on any atom is -0.348 e. The van der Waals surface area contributed by atoms with Crippen LogP contribution in [0.3, 0.4) is 0 Å². The van der Waals surface area contributed by atoms with Crippen molar-refractivity contribution in [3.05, 3.63) is 41.4 Å². The molecule has 0 radical (unpaired) electrons. The zero-order chi connectivity index (χ0) is 16.4. The highest BCUT2D eigenvalue weighted by atomic mass is 32.2. The molecule has 124 valence electrons. The topological polar surface area (TPSA) is 62.3 Å². The normalized spacial score (nSPS) is 16.7. The molecule has 3 rings (SSSR count). The van der Waals surface area contributed by atoms with E-state index in [9.17, 15) is 17.2 Å². The van der Waals surface area contributed by atoms with Gasteiger partial charge in [0.1, 0.15) is 11.6 Å². The summed E-state index contributed by atoms with van der Waals surface area (Å²) >= 11 is 1.52. The van der Waals surface area contributed by atoms with Crippen LogP contribution in [0.25, 0.3) is 0 Å². The molecule has 0 saturated carbocycles. The molecule has 9 heteroatoms. The molecule has 0 unspecified atom stereocenters. The number of anilines is 1. The Labute approximate surface area is 137 Å². The third kappa shape index (κ3) is 3.51. The van der Waals surface area contributed by atoms with E-state index in [1.807, 2.05) is 5.38 Å². The molecule has 1 N–H and O–H groups in total. The summed E-state index contributed by atoms with van der Waals surface area (Å²) in [7, 11) is -4.22. The molecule has 0 spiro atoms. The first-order valence-corrected chi connectivity index (χ1v) is 9.44. The number of rotatable bonds is 4. The third-order valence-corrected chi connectivity index (χ3v) is 6.10. The van der Waals surface area contributed by atoms with Gasteiger partial charge in [-0.15, -0.1) is 11.3 Å². The minimum atomic E-state index is -4.22. The first-order valence-electron chi connectivity index (χ1n) is 7.08. The maximum atomic E-state index is 13.7. The molecule has 0 amide bonds. The van der Waals surface area contributed by atoms with E-state index in [1.54, 1.807) is 6.20 Å². The van der Waals surface area contributed by atoms with Crippen molar-refractivity contribution in [2.75, 3.05) is 18.0 Å². The largest absolute Gasteiger partial charge is 0.348 e. The van der Waals surface area contributed by atoms with Crippen molar-refractivity contribution in [2.45, 2.75) is 23.8 Å². The van der Waals surface area contributed by atoms with Crippen molar-refractivity contribution in [3.8, 4) is 0 Å². The van der Waals surface area contributed by atoms with Gasteiger partial charge in [0.05, 0.1) is 0 Å². The Bertz CT molecular complexity index is 753. The number of benzene rings is 1. The fourth-order valence-electron chi connectivity index (χ4n) is 2.58. The second-order valence-electron chi connectivity index (χ2n) is 5.25. The predicted molar refractivity (Wildman–Crippen MR) is 84.0 cm³/mol. The Hall–Kier alpha value is -1.58. The van der Waals surface area contributed by atoms with Crippen LogP contribution in [0, 0.1) is 11.6 Å². The van der Waals surface area contributed by atoms with E-state index in [0.29, 0.717) is 25.9 Å². The average molecular weight is 359 g/mol. The standard InChI is InChI=1S/C14H15F2N3O2S2/c15-11-2-1-3-12(16)13(11)23(20,21)18-10-4-7-19(8-5-10)14-17-6-9-22-14/h1-3,6,9-10,18H,4-5,7-8H2. The van der Waals surface area contributed by atoms with Crippen LogP contribution in [0.5, 0.6) is 0 Å². The molecule has 1 aliphatic rings. The molecule has 1 aliphatic heterocycles. The maximum absolute atomic E-state index is 13.7. The van der Waals surface area contributed by atoms with Crippen molar-refractivity contribution in [2.24, 2.45) is 0 Å². The molecule has 2 heterocycles. The van der Waals surface area contributed by atoms with Crippen LogP contribution >= 0.6 is 11.3 Å². The van der Waals surface area contributed by atoms with Crippen molar-refractivity contribution in [1.29, 1.82) is 0 Å². The van der Waals surface area contributed by atoms with Crippen LogP contribution in [0.4, 0.5) is 13.9 Å². The molecule has 2 aromatic rings. The zero-order valence-corrected chi connectivity index (χ0v) is 13.7. The van der Waals surface area contributed by atoms with Crippen molar-refractivity contribution < 1.29 is 17.2 Å². The summed E-state index contributed by atoms with van der Waals surface area (Å²) in [5, 5.41) is 2.77. The van der Waals surface area contributed by atoms with E-state index in [2.05, 4.69) is 14.6 Å². The summed E-state index contributed by atoms with van der Waals surface area (Å²) in [6.07, 6.45) is 2.82. The predicted octanol–water partition coefficient (Wildman–Crippen LogP) is 2.37. The highest BCUT2D eigenvalue weighted by Crippen LogP contribution is 2.24. The maximum Gasteiger partial charge on any atom is 0.246 e. The number of sulfonamides is 1. The summed E-state index contributed by atoms with van der Waals surface area (Å²) in [5.74, 6) is -2.17. The van der Waals surface area contributed by atoms with Crippen LogP contribution in [0.2, 0.25) is 0 Å². The van der Waals surface area contributed by atoms with Gasteiger partial charge in [-0.1, -0.05) is 6.07 Å². The minimum absolute atomic E-state index is 0.352. The van der Waals surface area contributed by atoms with Crippen LogP contribution in [-0.2, 0) is 10.0 Å². The summed E-state index contributed by atoms with van der Waals surface area (Å²) in [6.45, 7) is 1.28. The van der Waals surface area contributed by atoms with Crippen molar-refractivity contribution >= 4 is 26.5 Å². The lowest BCUT2D eigenvalue weighted by Crippen LogP contribution is -2.45. The number of nitrogens with zero attached hydrogens (tertiary/aromatic N) is 2. The molecular formula is C14H15F2N3O2S2. The van der Waals surface area contributed by atoms with Gasteiger partial charge in [0, 0.05) is 30.7 Å². The van der Waals surface area contributed by atoms with E-state index in [1.165, 1.54) is 11.3 Å². The van der Waals surface area contributed by atoms with Gasteiger partial charge in [-0.25, -0.2) is 26.9 Å². The molecule has 1 fully saturated rings. The molecule has 1 aromatic heterocycles. The lowest BCUT2D eigenvalue weighted by Gasteiger charge is -2.31. The number of halogens is 2. The molecule has 0 bridgehead atoms. The number of hydrogen-bond acceptors (Lipinski definition) is 5.